The Kier molecular flexibility index (Phi) is 6.50. The molecule has 0 atom stereocenters. The summed E-state index contributed by atoms with van der Waals surface area (Å²) in [6.45, 7) is 4.83. The molecule has 10 aromatic rings. The maximum Gasteiger partial charge on any atom is 0.0715 e. The van der Waals surface area contributed by atoms with Crippen LogP contribution in [0.1, 0.15) is 25.0 Å². The zero-order chi connectivity index (χ0) is 35.3. The maximum absolute atomic E-state index is 5.23. The normalized spacial score (nSPS) is 13.2. The Hall–Kier alpha value is -6.29. The number of nitrogens with zero attached hydrogens (tertiary/aromatic N) is 2. The topological polar surface area (TPSA) is 17.8 Å². The monoisotopic (exact) mass is 694 g/mol. The van der Waals surface area contributed by atoms with Crippen LogP contribution in [-0.2, 0) is 5.41 Å². The van der Waals surface area contributed by atoms with E-state index in [-0.39, 0.29) is 5.41 Å². The first-order valence-electron chi connectivity index (χ1n) is 18.3. The second-order valence-corrected chi connectivity index (χ2v) is 15.8. The fraction of sp³-hybridized carbons (Fsp3) is 0.0600. The molecule has 3 aromatic heterocycles. The summed E-state index contributed by atoms with van der Waals surface area (Å²) >= 11 is 1.94. The zero-order valence-corrected chi connectivity index (χ0v) is 30.3. The van der Waals surface area contributed by atoms with Crippen molar-refractivity contribution >= 4 is 53.3 Å². The van der Waals surface area contributed by atoms with Gasteiger partial charge < -0.3 is 4.57 Å². The highest BCUT2D eigenvalue weighted by atomic mass is 32.1. The largest absolute Gasteiger partial charge is 0.309 e. The molecule has 7 aromatic carbocycles. The van der Waals surface area contributed by atoms with Gasteiger partial charge in [-0.25, -0.2) is 4.98 Å². The van der Waals surface area contributed by atoms with Crippen LogP contribution in [0.25, 0.3) is 92.4 Å². The number of pyridine rings is 1. The lowest BCUT2D eigenvalue weighted by molar-refractivity contribution is 0.667. The van der Waals surface area contributed by atoms with E-state index < -0.39 is 0 Å². The van der Waals surface area contributed by atoms with Crippen molar-refractivity contribution in [2.24, 2.45) is 0 Å². The standard InChI is InChI=1S/C50H34N2S/c1-50(2)39-22-12-9-19-36(39)45-47(50)44-37-20-10-13-23-42(37)52(48(44)46-38-21-11-14-24-43(38)53-49(45)46)35-27-25-33(26-28-35)41-30-34(31-15-5-3-6-16-31)29-40(51-41)32-17-7-4-8-18-32/h3-30H,1-2H3. The summed E-state index contributed by atoms with van der Waals surface area (Å²) in [5, 5.41) is 5.32. The van der Waals surface area contributed by atoms with E-state index in [1.807, 2.05) is 11.3 Å². The number of benzene rings is 7. The third kappa shape index (κ3) is 4.41. The van der Waals surface area contributed by atoms with Crippen molar-refractivity contribution in [2.45, 2.75) is 19.3 Å². The van der Waals surface area contributed by atoms with Gasteiger partial charge in [0.05, 0.1) is 22.4 Å². The number of para-hydroxylation sites is 1. The van der Waals surface area contributed by atoms with Gasteiger partial charge in [0.2, 0.25) is 0 Å². The van der Waals surface area contributed by atoms with Gasteiger partial charge in [0.15, 0.2) is 0 Å². The maximum atomic E-state index is 5.23. The van der Waals surface area contributed by atoms with Crippen molar-refractivity contribution in [3.63, 3.8) is 0 Å². The molecule has 1 aliphatic rings. The van der Waals surface area contributed by atoms with Crippen LogP contribution in [0.2, 0.25) is 0 Å². The van der Waals surface area contributed by atoms with Gasteiger partial charge in [0.1, 0.15) is 0 Å². The number of hydrogen-bond acceptors (Lipinski definition) is 2. The molecule has 0 amide bonds. The molecule has 0 radical (unpaired) electrons. The number of aromatic nitrogens is 2. The minimum Gasteiger partial charge on any atom is -0.309 e. The third-order valence-electron chi connectivity index (χ3n) is 11.4. The summed E-state index contributed by atoms with van der Waals surface area (Å²) in [5.41, 5.74) is 15.6. The lowest BCUT2D eigenvalue weighted by atomic mass is 9.80. The fourth-order valence-corrected chi connectivity index (χ4v) is 10.2. The Balaban J connectivity index is 1.18. The van der Waals surface area contributed by atoms with E-state index in [2.05, 4.69) is 188 Å². The molecular formula is C50H34N2S. The van der Waals surface area contributed by atoms with Crippen LogP contribution >= 0.6 is 11.3 Å². The van der Waals surface area contributed by atoms with E-state index >= 15 is 0 Å². The number of hydrogen-bond donors (Lipinski definition) is 0. The first kappa shape index (κ1) is 30.3. The Morgan fingerprint density at radius 1 is 0.528 bits per heavy atom. The highest BCUT2D eigenvalue weighted by Crippen LogP contribution is 2.58. The fourth-order valence-electron chi connectivity index (χ4n) is 8.97. The van der Waals surface area contributed by atoms with Crippen molar-refractivity contribution in [3.05, 3.63) is 181 Å². The van der Waals surface area contributed by atoms with Crippen molar-refractivity contribution < 1.29 is 0 Å². The second-order valence-electron chi connectivity index (χ2n) is 14.7. The Morgan fingerprint density at radius 2 is 1.13 bits per heavy atom. The van der Waals surface area contributed by atoms with E-state index in [4.69, 9.17) is 4.98 Å². The van der Waals surface area contributed by atoms with Crippen molar-refractivity contribution in [3.8, 4) is 50.5 Å². The van der Waals surface area contributed by atoms with Crippen molar-refractivity contribution in [1.29, 1.82) is 0 Å². The van der Waals surface area contributed by atoms with Crippen molar-refractivity contribution in [1.82, 2.24) is 9.55 Å². The van der Waals surface area contributed by atoms with Gasteiger partial charge >= 0.3 is 0 Å². The van der Waals surface area contributed by atoms with Crippen LogP contribution in [0.4, 0.5) is 0 Å². The summed E-state index contributed by atoms with van der Waals surface area (Å²) in [6.07, 6.45) is 0. The first-order valence-corrected chi connectivity index (χ1v) is 19.1. The van der Waals surface area contributed by atoms with E-state index in [0.29, 0.717) is 0 Å². The molecule has 3 heterocycles. The summed E-state index contributed by atoms with van der Waals surface area (Å²) < 4.78 is 5.23. The number of thiophene rings is 1. The average molecular weight is 695 g/mol. The van der Waals surface area contributed by atoms with Gasteiger partial charge in [-0.3, -0.25) is 0 Å². The Morgan fingerprint density at radius 3 is 1.89 bits per heavy atom. The molecule has 0 saturated heterocycles. The SMILES string of the molecule is CC1(C)c2ccccc2-c2c1c1c3ccccc3n(-c3ccc(-c4cc(-c5ccccc5)cc(-c5ccccc5)n4)cc3)c1c1c2sc2ccccc21. The predicted octanol–water partition coefficient (Wildman–Crippen LogP) is 13.9. The van der Waals surface area contributed by atoms with Gasteiger partial charge in [-0.15, -0.1) is 11.3 Å². The van der Waals surface area contributed by atoms with E-state index in [1.54, 1.807) is 0 Å². The van der Waals surface area contributed by atoms with Crippen LogP contribution in [-0.4, -0.2) is 9.55 Å². The smallest absolute Gasteiger partial charge is 0.0715 e. The van der Waals surface area contributed by atoms with Crippen LogP contribution in [0.15, 0.2) is 170 Å². The minimum absolute atomic E-state index is 0.154. The molecule has 0 spiro atoms. The molecule has 250 valence electrons. The van der Waals surface area contributed by atoms with Crippen LogP contribution in [0.5, 0.6) is 0 Å². The molecule has 0 saturated carbocycles. The molecule has 0 aliphatic heterocycles. The Bertz CT molecular complexity index is 3000. The highest BCUT2D eigenvalue weighted by molar-refractivity contribution is 7.26. The molecule has 0 unspecified atom stereocenters. The third-order valence-corrected chi connectivity index (χ3v) is 12.5. The predicted molar refractivity (Wildman–Crippen MR) is 225 cm³/mol. The molecule has 0 fully saturated rings. The minimum atomic E-state index is -0.154. The molecule has 0 N–H and O–H groups in total. The second kappa shape index (κ2) is 11.4. The quantitative estimate of drug-likeness (QED) is 0.179. The van der Waals surface area contributed by atoms with E-state index in [9.17, 15) is 0 Å². The van der Waals surface area contributed by atoms with Gasteiger partial charge in [0.25, 0.3) is 0 Å². The summed E-state index contributed by atoms with van der Waals surface area (Å²) in [5.74, 6) is 0. The summed E-state index contributed by atoms with van der Waals surface area (Å²) in [6, 6.07) is 61.6. The molecule has 11 rings (SSSR count). The van der Waals surface area contributed by atoms with Crippen LogP contribution in [0, 0.1) is 0 Å². The highest BCUT2D eigenvalue weighted by Gasteiger charge is 2.40. The van der Waals surface area contributed by atoms with E-state index in [0.717, 1.165) is 33.8 Å². The molecule has 1 aliphatic carbocycles. The van der Waals surface area contributed by atoms with Crippen molar-refractivity contribution in [2.75, 3.05) is 0 Å². The summed E-state index contributed by atoms with van der Waals surface area (Å²) in [7, 11) is 0. The average Bonchev–Trinajstić information content (AvgIpc) is 3.84. The van der Waals surface area contributed by atoms with Gasteiger partial charge in [-0.1, -0.05) is 147 Å². The molecular weight excluding hydrogens is 661 g/mol. The molecule has 53 heavy (non-hydrogen) atoms. The van der Waals surface area contributed by atoms with Crippen LogP contribution < -0.4 is 0 Å². The lowest BCUT2D eigenvalue weighted by Crippen LogP contribution is -2.15. The van der Waals surface area contributed by atoms with E-state index in [1.165, 1.54) is 69.8 Å². The van der Waals surface area contributed by atoms with Crippen LogP contribution in [0.3, 0.4) is 0 Å². The molecule has 0 bridgehead atoms. The van der Waals surface area contributed by atoms with Gasteiger partial charge in [-0.05, 0) is 64.2 Å². The van der Waals surface area contributed by atoms with Gasteiger partial charge in [0, 0.05) is 58.7 Å². The Labute approximate surface area is 312 Å². The molecule has 3 heteroatoms. The number of fused-ring (bicyclic) bond motifs is 12. The first-order chi connectivity index (χ1) is 26.1. The number of rotatable bonds is 4. The zero-order valence-electron chi connectivity index (χ0n) is 29.5. The summed E-state index contributed by atoms with van der Waals surface area (Å²) in [4.78, 5) is 5.23. The lowest BCUT2D eigenvalue weighted by Gasteiger charge is -2.23. The van der Waals surface area contributed by atoms with Gasteiger partial charge in [-0.2, -0.15) is 0 Å². The molecule has 2 nitrogen and oxygen atoms in total.